The molecule has 1 aromatic heterocycles. The van der Waals surface area contributed by atoms with Gasteiger partial charge in [-0.25, -0.2) is 17.6 Å². The molecule has 1 rings (SSSR count). The first kappa shape index (κ1) is 20.9. The molecule has 0 spiro atoms. The van der Waals surface area contributed by atoms with Crippen LogP contribution in [0.5, 0.6) is 0 Å². The fourth-order valence-corrected chi connectivity index (χ4v) is 2.26. The molecule has 0 N–H and O–H groups in total. The summed E-state index contributed by atoms with van der Waals surface area (Å²) < 4.78 is 155. The van der Waals surface area contributed by atoms with Crippen molar-refractivity contribution in [2.45, 2.75) is 42.5 Å². The summed E-state index contributed by atoms with van der Waals surface area (Å²) in [6.45, 7) is 0. The molecule has 0 aliphatic heterocycles. The first-order valence-electron chi connectivity index (χ1n) is 5.73. The Bertz CT molecular complexity index is 537. The minimum Gasteiger partial charge on any atom is -0.234 e. The molecular weight excluding hydrogens is 392 g/mol. The molecule has 0 bridgehead atoms. The van der Waals surface area contributed by atoms with E-state index in [1.54, 1.807) is 0 Å². The summed E-state index contributed by atoms with van der Waals surface area (Å²) in [5.74, 6) is -27.8. The monoisotopic (exact) mass is 398 g/mol. The van der Waals surface area contributed by atoms with Crippen LogP contribution in [-0.4, -0.2) is 36.3 Å². The second kappa shape index (κ2) is 6.30. The normalized spacial score (nSPS) is 17.2. The van der Waals surface area contributed by atoms with Gasteiger partial charge in [-0.05, 0) is 11.4 Å². The number of hydrogen-bond donors (Lipinski definition) is 0. The Morgan fingerprint density at radius 2 is 1.21 bits per heavy atom. The molecule has 0 nitrogen and oxygen atoms in total. The molecule has 0 amide bonds. The lowest BCUT2D eigenvalue weighted by Crippen LogP contribution is -2.66. The lowest BCUT2D eigenvalue weighted by molar-refractivity contribution is -0.388. The maximum atomic E-state index is 13.5. The highest BCUT2D eigenvalue weighted by Crippen LogP contribution is 2.58. The molecule has 2 unspecified atom stereocenters. The minimum absolute atomic E-state index is 0.0885. The van der Waals surface area contributed by atoms with Crippen LogP contribution < -0.4 is 0 Å². The Morgan fingerprint density at radius 3 is 1.58 bits per heavy atom. The number of hydrogen-bond acceptors (Lipinski definition) is 1. The summed E-state index contributed by atoms with van der Waals surface area (Å²) in [5, 5.41) is 0.900. The molecule has 13 heteroatoms. The fraction of sp³-hybridized carbons (Fsp3) is 0.636. The highest BCUT2D eigenvalue weighted by atomic mass is 32.1. The standard InChI is InChI=1S/C11H6F12S/c12-5(4-2-1-3-24-4)8(16,17)10(20,21)11(22,23)9(18,19)6(13)7(14)15/h1-3,5-7H. The Kier molecular flexibility index (Phi) is 5.49. The van der Waals surface area contributed by atoms with Gasteiger partial charge in [-0.3, -0.25) is 0 Å². The lowest BCUT2D eigenvalue weighted by Gasteiger charge is -2.38. The van der Waals surface area contributed by atoms with E-state index in [4.69, 9.17) is 0 Å². The number of halogens is 12. The van der Waals surface area contributed by atoms with E-state index in [9.17, 15) is 52.7 Å². The Labute approximate surface area is 130 Å². The zero-order chi connectivity index (χ0) is 19.1. The first-order valence-corrected chi connectivity index (χ1v) is 6.61. The summed E-state index contributed by atoms with van der Waals surface area (Å²) in [6.07, 6.45) is -14.2. The molecule has 1 heterocycles. The van der Waals surface area contributed by atoms with Crippen molar-refractivity contribution in [2.24, 2.45) is 0 Å². The third-order valence-corrected chi connectivity index (χ3v) is 3.82. The summed E-state index contributed by atoms with van der Waals surface area (Å²) in [6, 6.07) is 1.37. The van der Waals surface area contributed by atoms with E-state index in [1.165, 1.54) is 0 Å². The predicted octanol–water partition coefficient (Wildman–Crippen LogP) is 5.90. The van der Waals surface area contributed by atoms with Gasteiger partial charge in [-0.15, -0.1) is 11.3 Å². The van der Waals surface area contributed by atoms with Crippen LogP contribution in [0.2, 0.25) is 0 Å². The smallest absolute Gasteiger partial charge is 0.234 e. The van der Waals surface area contributed by atoms with Crippen molar-refractivity contribution in [3.63, 3.8) is 0 Å². The van der Waals surface area contributed by atoms with E-state index in [2.05, 4.69) is 0 Å². The Morgan fingerprint density at radius 1 is 0.750 bits per heavy atom. The second-order valence-corrected chi connectivity index (χ2v) is 5.49. The van der Waals surface area contributed by atoms with Crippen molar-refractivity contribution < 1.29 is 52.7 Å². The molecule has 0 aromatic carbocycles. The van der Waals surface area contributed by atoms with Crippen molar-refractivity contribution in [1.29, 1.82) is 0 Å². The van der Waals surface area contributed by atoms with Crippen LogP contribution in [0.3, 0.4) is 0 Å². The van der Waals surface area contributed by atoms with Gasteiger partial charge in [0.1, 0.15) is 0 Å². The van der Waals surface area contributed by atoms with Crippen LogP contribution in [0.25, 0.3) is 0 Å². The van der Waals surface area contributed by atoms with Gasteiger partial charge < -0.3 is 0 Å². The molecule has 0 aliphatic rings. The van der Waals surface area contributed by atoms with Gasteiger partial charge in [-0.2, -0.15) is 35.1 Å². The maximum Gasteiger partial charge on any atom is 0.381 e. The third-order valence-electron chi connectivity index (χ3n) is 2.91. The molecule has 0 radical (unpaired) electrons. The predicted molar refractivity (Wildman–Crippen MR) is 58.9 cm³/mol. The summed E-state index contributed by atoms with van der Waals surface area (Å²) in [7, 11) is 0. The Balaban J connectivity index is 3.33. The molecular formula is C11H6F12S. The van der Waals surface area contributed by atoms with E-state index in [-0.39, 0.29) is 11.3 Å². The molecule has 0 saturated carbocycles. The number of alkyl halides is 12. The van der Waals surface area contributed by atoms with Crippen LogP contribution >= 0.6 is 11.3 Å². The van der Waals surface area contributed by atoms with E-state index < -0.39 is 47.3 Å². The van der Waals surface area contributed by atoms with Gasteiger partial charge in [0.25, 0.3) is 6.43 Å². The average molecular weight is 398 g/mol. The van der Waals surface area contributed by atoms with Gasteiger partial charge in [0.15, 0.2) is 0 Å². The van der Waals surface area contributed by atoms with Crippen LogP contribution in [0, 0.1) is 0 Å². The van der Waals surface area contributed by atoms with Crippen LogP contribution in [0.1, 0.15) is 11.0 Å². The molecule has 0 aliphatic carbocycles. The van der Waals surface area contributed by atoms with Gasteiger partial charge in [0.2, 0.25) is 12.3 Å². The van der Waals surface area contributed by atoms with Crippen molar-refractivity contribution in [1.82, 2.24) is 0 Å². The quantitative estimate of drug-likeness (QED) is 0.502. The van der Waals surface area contributed by atoms with E-state index in [1.807, 2.05) is 0 Å². The highest BCUT2D eigenvalue weighted by Gasteiger charge is 2.84. The zero-order valence-electron chi connectivity index (χ0n) is 10.9. The zero-order valence-corrected chi connectivity index (χ0v) is 11.7. The van der Waals surface area contributed by atoms with Gasteiger partial charge in [0.05, 0.1) is 0 Å². The van der Waals surface area contributed by atoms with Crippen LogP contribution in [0.4, 0.5) is 52.7 Å². The van der Waals surface area contributed by atoms with Crippen molar-refractivity contribution >= 4 is 11.3 Å². The van der Waals surface area contributed by atoms with Gasteiger partial charge in [0, 0.05) is 4.88 Å². The Hall–Kier alpha value is -1.14. The van der Waals surface area contributed by atoms with Crippen LogP contribution in [0.15, 0.2) is 17.5 Å². The largest absolute Gasteiger partial charge is 0.381 e. The fourth-order valence-electron chi connectivity index (χ4n) is 1.52. The highest BCUT2D eigenvalue weighted by molar-refractivity contribution is 7.10. The van der Waals surface area contributed by atoms with Crippen molar-refractivity contribution in [3.8, 4) is 0 Å². The maximum absolute atomic E-state index is 13.5. The number of rotatable bonds is 7. The van der Waals surface area contributed by atoms with Crippen molar-refractivity contribution in [3.05, 3.63) is 22.4 Å². The first-order chi connectivity index (χ1) is 10.6. The molecule has 2 atom stereocenters. The molecule has 24 heavy (non-hydrogen) atoms. The molecule has 140 valence electrons. The average Bonchev–Trinajstić information content (AvgIpc) is 2.98. The van der Waals surface area contributed by atoms with E-state index in [0.717, 1.165) is 11.4 Å². The molecule has 0 saturated heterocycles. The number of thiophene rings is 1. The summed E-state index contributed by atoms with van der Waals surface area (Å²) in [4.78, 5) is -1.20. The van der Waals surface area contributed by atoms with E-state index >= 15 is 0 Å². The van der Waals surface area contributed by atoms with Gasteiger partial charge in [-0.1, -0.05) is 6.07 Å². The lowest BCUT2D eigenvalue weighted by atomic mass is 9.93. The minimum atomic E-state index is -7.30. The third kappa shape index (κ3) is 2.94. The SMILES string of the molecule is FC(F)C(F)C(F)(F)C(F)(F)C(F)(F)C(F)(F)C(F)c1cccs1. The second-order valence-electron chi connectivity index (χ2n) is 4.51. The van der Waals surface area contributed by atoms with Crippen LogP contribution in [-0.2, 0) is 0 Å². The van der Waals surface area contributed by atoms with Crippen molar-refractivity contribution in [2.75, 3.05) is 0 Å². The van der Waals surface area contributed by atoms with E-state index in [0.29, 0.717) is 6.07 Å². The summed E-state index contributed by atoms with van der Waals surface area (Å²) in [5.41, 5.74) is 0. The topological polar surface area (TPSA) is 0 Å². The molecule has 0 fully saturated rings. The van der Waals surface area contributed by atoms with Gasteiger partial charge >= 0.3 is 23.7 Å². The molecule has 1 aromatic rings. The summed E-state index contributed by atoms with van der Waals surface area (Å²) >= 11 is 0.0885.